The Hall–Kier alpha value is -1.55. The molecule has 0 radical (unpaired) electrons. The van der Waals surface area contributed by atoms with E-state index in [2.05, 4.69) is 10.6 Å². The molecular formula is C12H17N3O. The predicted molar refractivity (Wildman–Crippen MR) is 64.1 cm³/mol. The van der Waals surface area contributed by atoms with Crippen LogP contribution in [0.3, 0.4) is 0 Å². The molecule has 0 saturated heterocycles. The Morgan fingerprint density at radius 1 is 1.38 bits per heavy atom. The van der Waals surface area contributed by atoms with Crippen LogP contribution in [0, 0.1) is 0 Å². The summed E-state index contributed by atoms with van der Waals surface area (Å²) in [6, 6.07) is 7.40. The van der Waals surface area contributed by atoms with Crippen molar-refractivity contribution in [1.82, 2.24) is 5.32 Å². The van der Waals surface area contributed by atoms with Crippen molar-refractivity contribution in [1.29, 1.82) is 0 Å². The number of anilines is 1. The summed E-state index contributed by atoms with van der Waals surface area (Å²) in [6.07, 6.45) is 2.12. The van der Waals surface area contributed by atoms with E-state index in [4.69, 9.17) is 5.73 Å². The van der Waals surface area contributed by atoms with E-state index < -0.39 is 0 Å². The van der Waals surface area contributed by atoms with Gasteiger partial charge in [0, 0.05) is 17.8 Å². The van der Waals surface area contributed by atoms with E-state index in [1.807, 2.05) is 31.2 Å². The van der Waals surface area contributed by atoms with Crippen molar-refractivity contribution < 1.29 is 4.79 Å². The van der Waals surface area contributed by atoms with Gasteiger partial charge in [-0.25, -0.2) is 4.79 Å². The molecule has 2 amide bonds. The molecule has 86 valence electrons. The Morgan fingerprint density at radius 2 is 2.00 bits per heavy atom. The highest BCUT2D eigenvalue weighted by molar-refractivity contribution is 5.89. The van der Waals surface area contributed by atoms with Gasteiger partial charge < -0.3 is 16.4 Å². The van der Waals surface area contributed by atoms with Crippen LogP contribution >= 0.6 is 0 Å². The monoisotopic (exact) mass is 219 g/mol. The minimum Gasteiger partial charge on any atom is -0.333 e. The lowest BCUT2D eigenvalue weighted by molar-refractivity contribution is 0.248. The number of carbonyl (C=O) groups excluding carboxylic acids is 1. The number of nitrogens with one attached hydrogen (secondary N) is 2. The van der Waals surface area contributed by atoms with Crippen LogP contribution in [0.2, 0.25) is 0 Å². The van der Waals surface area contributed by atoms with E-state index in [1.165, 1.54) is 0 Å². The van der Waals surface area contributed by atoms with E-state index in [-0.39, 0.29) is 11.6 Å². The molecule has 0 atom stereocenters. The zero-order valence-corrected chi connectivity index (χ0v) is 9.42. The first-order valence-corrected chi connectivity index (χ1v) is 5.49. The number of nitrogens with two attached hydrogens (primary N) is 1. The first-order chi connectivity index (χ1) is 7.61. The molecule has 4 nitrogen and oxygen atoms in total. The third kappa shape index (κ3) is 2.73. The minimum atomic E-state index is -0.138. The standard InChI is InChI=1S/C12H17N3O/c1-12(6-7-12)15-11(16)14-10-4-2-9(8-13)3-5-10/h2-5H,6-8,13H2,1H3,(H2,14,15,16). The first-order valence-electron chi connectivity index (χ1n) is 5.49. The molecule has 1 aliphatic carbocycles. The van der Waals surface area contributed by atoms with E-state index in [9.17, 15) is 4.79 Å². The molecule has 1 aromatic carbocycles. The van der Waals surface area contributed by atoms with Gasteiger partial charge in [-0.05, 0) is 37.5 Å². The molecular weight excluding hydrogens is 202 g/mol. The van der Waals surface area contributed by atoms with Gasteiger partial charge in [0.25, 0.3) is 0 Å². The average molecular weight is 219 g/mol. The fourth-order valence-corrected chi connectivity index (χ4v) is 1.47. The molecule has 4 heteroatoms. The van der Waals surface area contributed by atoms with Crippen LogP contribution in [0.15, 0.2) is 24.3 Å². The molecule has 4 N–H and O–H groups in total. The summed E-state index contributed by atoms with van der Waals surface area (Å²) < 4.78 is 0. The van der Waals surface area contributed by atoms with Crippen molar-refractivity contribution in [2.45, 2.75) is 31.8 Å². The number of rotatable bonds is 3. The minimum absolute atomic E-state index is 0.0152. The molecule has 0 heterocycles. The number of benzene rings is 1. The molecule has 0 spiro atoms. The SMILES string of the molecule is CC1(NC(=O)Nc2ccc(CN)cc2)CC1. The van der Waals surface area contributed by atoms with Crippen molar-refractivity contribution in [3.05, 3.63) is 29.8 Å². The molecule has 0 aliphatic heterocycles. The maximum Gasteiger partial charge on any atom is 0.319 e. The topological polar surface area (TPSA) is 67.2 Å². The highest BCUT2D eigenvalue weighted by Gasteiger charge is 2.38. The van der Waals surface area contributed by atoms with Gasteiger partial charge in [-0.15, -0.1) is 0 Å². The fourth-order valence-electron chi connectivity index (χ4n) is 1.47. The van der Waals surface area contributed by atoms with Crippen LogP contribution in [-0.4, -0.2) is 11.6 Å². The van der Waals surface area contributed by atoms with E-state index in [0.29, 0.717) is 6.54 Å². The summed E-state index contributed by atoms with van der Waals surface area (Å²) in [7, 11) is 0. The second-order valence-electron chi connectivity index (χ2n) is 4.54. The second-order valence-corrected chi connectivity index (χ2v) is 4.54. The third-order valence-corrected chi connectivity index (χ3v) is 2.86. The predicted octanol–water partition coefficient (Wildman–Crippen LogP) is 1.82. The van der Waals surface area contributed by atoms with Gasteiger partial charge in [0.1, 0.15) is 0 Å². The molecule has 1 saturated carbocycles. The van der Waals surface area contributed by atoms with Gasteiger partial charge in [-0.2, -0.15) is 0 Å². The first kappa shape index (κ1) is 11.0. The number of amides is 2. The summed E-state index contributed by atoms with van der Waals surface area (Å²) >= 11 is 0. The molecule has 0 unspecified atom stereocenters. The van der Waals surface area contributed by atoms with Crippen molar-refractivity contribution >= 4 is 11.7 Å². The Bertz CT molecular complexity index is 382. The summed E-state index contributed by atoms with van der Waals surface area (Å²) in [4.78, 5) is 11.6. The lowest BCUT2D eigenvalue weighted by atomic mass is 10.2. The van der Waals surface area contributed by atoms with Crippen molar-refractivity contribution in [2.24, 2.45) is 5.73 Å². The average Bonchev–Trinajstić information content (AvgIpc) is 2.96. The summed E-state index contributed by atoms with van der Waals surface area (Å²) in [5.74, 6) is 0. The molecule has 2 rings (SSSR count). The van der Waals surface area contributed by atoms with E-state index >= 15 is 0 Å². The normalized spacial score (nSPS) is 16.6. The lowest BCUT2D eigenvalue weighted by Gasteiger charge is -2.12. The number of carbonyl (C=O) groups is 1. The Balaban J connectivity index is 1.90. The van der Waals surface area contributed by atoms with Gasteiger partial charge in [0.15, 0.2) is 0 Å². The highest BCUT2D eigenvalue weighted by atomic mass is 16.2. The van der Waals surface area contributed by atoms with Gasteiger partial charge in [-0.1, -0.05) is 12.1 Å². The van der Waals surface area contributed by atoms with Crippen LogP contribution in [0.1, 0.15) is 25.3 Å². The summed E-state index contributed by atoms with van der Waals surface area (Å²) in [6.45, 7) is 2.56. The van der Waals surface area contributed by atoms with Gasteiger partial charge in [-0.3, -0.25) is 0 Å². The van der Waals surface area contributed by atoms with Crippen molar-refractivity contribution in [3.63, 3.8) is 0 Å². The molecule has 1 aromatic rings. The third-order valence-electron chi connectivity index (χ3n) is 2.86. The number of hydrogen-bond donors (Lipinski definition) is 3. The molecule has 16 heavy (non-hydrogen) atoms. The maximum absolute atomic E-state index is 11.6. The molecule has 1 aliphatic rings. The molecule has 0 aromatic heterocycles. The van der Waals surface area contributed by atoms with Gasteiger partial charge in [0.2, 0.25) is 0 Å². The fraction of sp³-hybridized carbons (Fsp3) is 0.417. The Labute approximate surface area is 95.2 Å². The largest absolute Gasteiger partial charge is 0.333 e. The second kappa shape index (κ2) is 4.14. The smallest absolute Gasteiger partial charge is 0.319 e. The van der Waals surface area contributed by atoms with Crippen molar-refractivity contribution in [2.75, 3.05) is 5.32 Å². The van der Waals surface area contributed by atoms with Crippen LogP contribution in [0.4, 0.5) is 10.5 Å². The molecule has 0 bridgehead atoms. The van der Waals surface area contributed by atoms with E-state index in [0.717, 1.165) is 24.1 Å². The quantitative estimate of drug-likeness (QED) is 0.726. The number of hydrogen-bond acceptors (Lipinski definition) is 2. The Morgan fingerprint density at radius 3 is 2.50 bits per heavy atom. The van der Waals surface area contributed by atoms with E-state index in [1.54, 1.807) is 0 Å². The summed E-state index contributed by atoms with van der Waals surface area (Å²) in [5.41, 5.74) is 7.35. The van der Waals surface area contributed by atoms with Crippen LogP contribution in [0.25, 0.3) is 0 Å². The Kier molecular flexibility index (Phi) is 2.83. The zero-order chi connectivity index (χ0) is 11.6. The lowest BCUT2D eigenvalue weighted by Crippen LogP contribution is -2.37. The highest BCUT2D eigenvalue weighted by Crippen LogP contribution is 2.34. The van der Waals surface area contributed by atoms with Crippen LogP contribution in [-0.2, 0) is 6.54 Å². The summed E-state index contributed by atoms with van der Waals surface area (Å²) in [5, 5.41) is 5.73. The molecule has 1 fully saturated rings. The van der Waals surface area contributed by atoms with Crippen molar-refractivity contribution in [3.8, 4) is 0 Å². The maximum atomic E-state index is 11.6. The van der Waals surface area contributed by atoms with Crippen LogP contribution in [0.5, 0.6) is 0 Å². The van der Waals surface area contributed by atoms with Crippen LogP contribution < -0.4 is 16.4 Å². The zero-order valence-electron chi connectivity index (χ0n) is 9.42. The van der Waals surface area contributed by atoms with Gasteiger partial charge >= 0.3 is 6.03 Å². The number of urea groups is 1. The van der Waals surface area contributed by atoms with Gasteiger partial charge in [0.05, 0.1) is 0 Å².